The average Bonchev–Trinajstić information content (AvgIpc) is 3.10. The number of aryl methyl sites for hydroxylation is 4. The third kappa shape index (κ3) is 4.00. The van der Waals surface area contributed by atoms with Crippen molar-refractivity contribution in [3.8, 4) is 0 Å². The molecular formula is C25H30N2O3. The fraction of sp³-hybridized carbons (Fsp3) is 0.400. The molecule has 0 aliphatic carbocycles. The van der Waals surface area contributed by atoms with E-state index in [2.05, 4.69) is 54.4 Å². The van der Waals surface area contributed by atoms with Crippen LogP contribution in [0.1, 0.15) is 44.4 Å². The van der Waals surface area contributed by atoms with Gasteiger partial charge in [0, 0.05) is 30.6 Å². The molecule has 1 aliphatic heterocycles. The van der Waals surface area contributed by atoms with E-state index in [4.69, 9.17) is 9.15 Å². The van der Waals surface area contributed by atoms with E-state index in [1.165, 1.54) is 11.1 Å². The zero-order valence-corrected chi connectivity index (χ0v) is 18.2. The lowest BCUT2D eigenvalue weighted by atomic mass is 10.0. The first-order valence-corrected chi connectivity index (χ1v) is 10.6. The van der Waals surface area contributed by atoms with E-state index >= 15 is 0 Å². The van der Waals surface area contributed by atoms with Gasteiger partial charge in [-0.3, -0.25) is 9.69 Å². The predicted octanol–water partition coefficient (Wildman–Crippen LogP) is 4.47. The molecule has 1 unspecified atom stereocenters. The Morgan fingerprint density at radius 2 is 1.80 bits per heavy atom. The standard InChI is InChI=1S/C25H30N2O3/c1-16-6-5-7-20(14-16)21(27-10-12-29-13-11-27)15-26-25(28)24-19(4)22-17(2)8-9-18(3)23(22)30-24/h5-9,14,21H,10-13,15H2,1-4H3,(H,26,28). The molecule has 0 radical (unpaired) electrons. The van der Waals surface area contributed by atoms with Crippen LogP contribution in [0.2, 0.25) is 0 Å². The number of carbonyl (C=O) groups is 1. The zero-order valence-electron chi connectivity index (χ0n) is 18.2. The number of hydrogen-bond acceptors (Lipinski definition) is 4. The monoisotopic (exact) mass is 406 g/mol. The van der Waals surface area contributed by atoms with Crippen LogP contribution < -0.4 is 5.32 Å². The molecule has 4 rings (SSSR count). The van der Waals surface area contributed by atoms with Crippen LogP contribution in [0.3, 0.4) is 0 Å². The summed E-state index contributed by atoms with van der Waals surface area (Å²) in [5, 5.41) is 4.18. The maximum absolute atomic E-state index is 13.1. The van der Waals surface area contributed by atoms with Crippen LogP contribution in [0, 0.1) is 27.7 Å². The summed E-state index contributed by atoms with van der Waals surface area (Å²) in [6, 6.07) is 12.7. The minimum absolute atomic E-state index is 0.103. The van der Waals surface area contributed by atoms with Gasteiger partial charge in [0.1, 0.15) is 5.58 Å². The molecule has 1 aromatic heterocycles. The number of carbonyl (C=O) groups excluding carboxylic acids is 1. The van der Waals surface area contributed by atoms with Gasteiger partial charge in [-0.05, 0) is 44.4 Å². The lowest BCUT2D eigenvalue weighted by molar-refractivity contribution is 0.0161. The number of amides is 1. The Morgan fingerprint density at radius 1 is 1.07 bits per heavy atom. The van der Waals surface area contributed by atoms with Gasteiger partial charge >= 0.3 is 0 Å². The van der Waals surface area contributed by atoms with Gasteiger partial charge in [-0.15, -0.1) is 0 Å². The van der Waals surface area contributed by atoms with E-state index in [1.807, 2.05) is 19.9 Å². The second kappa shape index (κ2) is 8.62. The number of hydrogen-bond donors (Lipinski definition) is 1. The Kier molecular flexibility index (Phi) is 5.93. The highest BCUT2D eigenvalue weighted by Crippen LogP contribution is 2.31. The van der Waals surface area contributed by atoms with E-state index in [0.29, 0.717) is 12.3 Å². The quantitative estimate of drug-likeness (QED) is 0.679. The average molecular weight is 407 g/mol. The first-order valence-electron chi connectivity index (χ1n) is 10.6. The second-order valence-electron chi connectivity index (χ2n) is 8.25. The topological polar surface area (TPSA) is 54.7 Å². The van der Waals surface area contributed by atoms with Crippen molar-refractivity contribution in [3.05, 3.63) is 70.0 Å². The van der Waals surface area contributed by atoms with Crippen molar-refractivity contribution >= 4 is 16.9 Å². The van der Waals surface area contributed by atoms with Crippen LogP contribution >= 0.6 is 0 Å². The summed E-state index contributed by atoms with van der Waals surface area (Å²) in [7, 11) is 0. The molecule has 1 N–H and O–H groups in total. The Bertz CT molecular complexity index is 1060. The third-order valence-corrected chi connectivity index (χ3v) is 6.06. The van der Waals surface area contributed by atoms with Crippen LogP contribution in [0.5, 0.6) is 0 Å². The molecule has 1 amide bonds. The lowest BCUT2D eigenvalue weighted by Gasteiger charge is -2.35. The number of rotatable bonds is 5. The third-order valence-electron chi connectivity index (χ3n) is 6.06. The minimum Gasteiger partial charge on any atom is -0.450 e. The first-order chi connectivity index (χ1) is 14.5. The number of ether oxygens (including phenoxy) is 1. The van der Waals surface area contributed by atoms with E-state index in [9.17, 15) is 4.79 Å². The molecule has 0 saturated carbocycles. The number of fused-ring (bicyclic) bond motifs is 1. The summed E-state index contributed by atoms with van der Waals surface area (Å²) >= 11 is 0. The fourth-order valence-electron chi connectivity index (χ4n) is 4.39. The lowest BCUT2D eigenvalue weighted by Crippen LogP contribution is -2.43. The first kappa shape index (κ1) is 20.6. The maximum Gasteiger partial charge on any atom is 0.287 e. The molecule has 0 spiro atoms. The number of nitrogens with zero attached hydrogens (tertiary/aromatic N) is 1. The van der Waals surface area contributed by atoms with Crippen LogP contribution in [-0.2, 0) is 4.74 Å². The van der Waals surface area contributed by atoms with Gasteiger partial charge in [0.15, 0.2) is 5.76 Å². The van der Waals surface area contributed by atoms with Crippen molar-refractivity contribution in [3.63, 3.8) is 0 Å². The summed E-state index contributed by atoms with van der Waals surface area (Å²) in [5.74, 6) is 0.251. The molecule has 5 heteroatoms. The van der Waals surface area contributed by atoms with E-state index < -0.39 is 0 Å². The molecule has 2 aromatic carbocycles. The maximum atomic E-state index is 13.1. The van der Waals surface area contributed by atoms with Gasteiger partial charge in [-0.25, -0.2) is 0 Å². The van der Waals surface area contributed by atoms with Crippen molar-refractivity contribution < 1.29 is 13.9 Å². The van der Waals surface area contributed by atoms with Crippen molar-refractivity contribution in [2.24, 2.45) is 0 Å². The Labute approximate surface area is 178 Å². The van der Waals surface area contributed by atoms with E-state index in [0.717, 1.165) is 54.0 Å². The highest BCUT2D eigenvalue weighted by molar-refractivity contribution is 6.00. The van der Waals surface area contributed by atoms with Gasteiger partial charge < -0.3 is 14.5 Å². The van der Waals surface area contributed by atoms with Crippen LogP contribution in [0.4, 0.5) is 0 Å². The molecule has 1 atom stereocenters. The molecule has 158 valence electrons. The SMILES string of the molecule is Cc1cccc(C(CNC(=O)c2oc3c(C)ccc(C)c3c2C)N2CCOCC2)c1. The summed E-state index contributed by atoms with van der Waals surface area (Å²) < 4.78 is 11.6. The number of morpholine rings is 1. The predicted molar refractivity (Wildman–Crippen MR) is 119 cm³/mol. The second-order valence-corrected chi connectivity index (χ2v) is 8.25. The van der Waals surface area contributed by atoms with Crippen LogP contribution in [-0.4, -0.2) is 43.7 Å². The van der Waals surface area contributed by atoms with Crippen molar-refractivity contribution in [2.45, 2.75) is 33.7 Å². The molecule has 3 aromatic rings. The van der Waals surface area contributed by atoms with Gasteiger partial charge in [0.2, 0.25) is 0 Å². The van der Waals surface area contributed by atoms with Crippen molar-refractivity contribution in [1.29, 1.82) is 0 Å². The fourth-order valence-corrected chi connectivity index (χ4v) is 4.39. The molecule has 1 fully saturated rings. The van der Waals surface area contributed by atoms with Crippen LogP contribution in [0.25, 0.3) is 11.0 Å². The Morgan fingerprint density at radius 3 is 2.50 bits per heavy atom. The summed E-state index contributed by atoms with van der Waals surface area (Å²) in [5.41, 5.74) is 6.31. The van der Waals surface area contributed by atoms with Crippen molar-refractivity contribution in [1.82, 2.24) is 10.2 Å². The van der Waals surface area contributed by atoms with Gasteiger partial charge in [0.25, 0.3) is 5.91 Å². The molecular weight excluding hydrogens is 376 g/mol. The number of nitrogens with one attached hydrogen (secondary N) is 1. The summed E-state index contributed by atoms with van der Waals surface area (Å²) in [6.07, 6.45) is 0. The number of furan rings is 1. The summed E-state index contributed by atoms with van der Waals surface area (Å²) in [4.78, 5) is 15.5. The van der Waals surface area contributed by atoms with E-state index in [-0.39, 0.29) is 11.9 Å². The number of benzene rings is 2. The molecule has 1 saturated heterocycles. The molecule has 1 aliphatic rings. The zero-order chi connectivity index (χ0) is 21.3. The Balaban J connectivity index is 1.58. The minimum atomic E-state index is -0.159. The van der Waals surface area contributed by atoms with Crippen LogP contribution in [0.15, 0.2) is 40.8 Å². The largest absolute Gasteiger partial charge is 0.450 e. The molecule has 5 nitrogen and oxygen atoms in total. The van der Waals surface area contributed by atoms with Crippen molar-refractivity contribution in [2.75, 3.05) is 32.8 Å². The van der Waals surface area contributed by atoms with E-state index in [1.54, 1.807) is 0 Å². The van der Waals surface area contributed by atoms with Gasteiger partial charge in [-0.1, -0.05) is 42.0 Å². The highest BCUT2D eigenvalue weighted by Gasteiger charge is 2.25. The molecule has 30 heavy (non-hydrogen) atoms. The Hall–Kier alpha value is -2.63. The molecule has 2 heterocycles. The summed E-state index contributed by atoms with van der Waals surface area (Å²) in [6.45, 7) is 11.8. The van der Waals surface area contributed by atoms with Gasteiger partial charge in [-0.2, -0.15) is 0 Å². The van der Waals surface area contributed by atoms with Gasteiger partial charge in [0.05, 0.1) is 19.3 Å². The molecule has 0 bridgehead atoms. The normalized spacial score (nSPS) is 16.0. The highest BCUT2D eigenvalue weighted by atomic mass is 16.5. The smallest absolute Gasteiger partial charge is 0.287 e.